The number of hydrogen-bond donors (Lipinski definition) is 2. The summed E-state index contributed by atoms with van der Waals surface area (Å²) in [5.74, 6) is 1.20. The van der Waals surface area contributed by atoms with Gasteiger partial charge in [-0.15, -0.1) is 24.0 Å². The molecule has 0 heterocycles. The molecule has 120 valence electrons. The van der Waals surface area contributed by atoms with E-state index >= 15 is 0 Å². The van der Waals surface area contributed by atoms with Gasteiger partial charge in [-0.3, -0.25) is 4.99 Å². The lowest BCUT2D eigenvalue weighted by Gasteiger charge is -2.30. The van der Waals surface area contributed by atoms with E-state index in [-0.39, 0.29) is 30.5 Å². The van der Waals surface area contributed by atoms with Crippen LogP contribution in [0.5, 0.6) is 0 Å². The van der Waals surface area contributed by atoms with Gasteiger partial charge in [-0.25, -0.2) is 0 Å². The van der Waals surface area contributed by atoms with Gasteiger partial charge in [-0.1, -0.05) is 26.2 Å². The number of rotatable bonds is 4. The zero-order valence-corrected chi connectivity index (χ0v) is 14.4. The average molecular weight is 407 g/mol. The molecule has 1 rings (SSSR count). The maximum Gasteiger partial charge on any atom is 0.390 e. The second-order valence-electron chi connectivity index (χ2n) is 5.15. The molecule has 0 aromatic heterocycles. The van der Waals surface area contributed by atoms with Gasteiger partial charge in [0.2, 0.25) is 0 Å². The molecule has 2 N–H and O–H groups in total. The second-order valence-corrected chi connectivity index (χ2v) is 5.15. The third kappa shape index (κ3) is 8.16. The zero-order valence-electron chi connectivity index (χ0n) is 12.1. The first kappa shape index (κ1) is 19.8. The maximum atomic E-state index is 12.1. The van der Waals surface area contributed by atoms with Crippen molar-refractivity contribution in [3.63, 3.8) is 0 Å². The van der Waals surface area contributed by atoms with E-state index in [9.17, 15) is 13.2 Å². The van der Waals surface area contributed by atoms with Gasteiger partial charge < -0.3 is 10.6 Å². The molecular weight excluding hydrogens is 382 g/mol. The summed E-state index contributed by atoms with van der Waals surface area (Å²) in [5.41, 5.74) is 0. The molecule has 0 spiro atoms. The Morgan fingerprint density at radius 2 is 2.00 bits per heavy atom. The molecule has 2 unspecified atom stereocenters. The van der Waals surface area contributed by atoms with Crippen molar-refractivity contribution >= 4 is 29.9 Å². The van der Waals surface area contributed by atoms with E-state index < -0.39 is 12.6 Å². The van der Waals surface area contributed by atoms with E-state index in [1.807, 2.05) is 0 Å². The monoisotopic (exact) mass is 407 g/mol. The first-order valence-electron chi connectivity index (χ1n) is 6.98. The minimum absolute atomic E-state index is 0. The molecule has 20 heavy (non-hydrogen) atoms. The van der Waals surface area contributed by atoms with Crippen molar-refractivity contribution in [2.45, 2.75) is 57.7 Å². The lowest BCUT2D eigenvalue weighted by atomic mass is 9.84. The number of nitrogens with one attached hydrogen (secondary N) is 2. The van der Waals surface area contributed by atoms with Crippen molar-refractivity contribution in [1.29, 1.82) is 0 Å². The molecule has 0 bridgehead atoms. The molecule has 0 saturated heterocycles. The zero-order chi connectivity index (χ0) is 14.3. The van der Waals surface area contributed by atoms with Crippen molar-refractivity contribution in [2.75, 3.05) is 13.6 Å². The van der Waals surface area contributed by atoms with Crippen molar-refractivity contribution in [2.24, 2.45) is 10.9 Å². The van der Waals surface area contributed by atoms with E-state index in [2.05, 4.69) is 22.5 Å². The second kappa shape index (κ2) is 9.68. The van der Waals surface area contributed by atoms with Crippen molar-refractivity contribution in [1.82, 2.24) is 10.6 Å². The molecule has 0 aromatic carbocycles. The minimum Gasteiger partial charge on any atom is -0.356 e. The highest BCUT2D eigenvalue weighted by molar-refractivity contribution is 14.0. The molecule has 1 saturated carbocycles. The molecule has 1 fully saturated rings. The summed E-state index contributed by atoms with van der Waals surface area (Å²) in [4.78, 5) is 3.98. The van der Waals surface area contributed by atoms with Crippen LogP contribution in [0.1, 0.15) is 45.4 Å². The van der Waals surface area contributed by atoms with Gasteiger partial charge in [0.1, 0.15) is 0 Å². The molecule has 1 aliphatic carbocycles. The van der Waals surface area contributed by atoms with Gasteiger partial charge in [0.05, 0.1) is 6.42 Å². The predicted octanol–water partition coefficient (Wildman–Crippen LogP) is 3.69. The topological polar surface area (TPSA) is 36.4 Å². The highest BCUT2D eigenvalue weighted by Crippen LogP contribution is 2.26. The first-order valence-corrected chi connectivity index (χ1v) is 6.98. The van der Waals surface area contributed by atoms with Crippen LogP contribution in [-0.2, 0) is 0 Å². The lowest BCUT2D eigenvalue weighted by molar-refractivity contribution is -0.132. The van der Waals surface area contributed by atoms with E-state index in [1.54, 1.807) is 7.05 Å². The maximum absolute atomic E-state index is 12.1. The van der Waals surface area contributed by atoms with E-state index in [4.69, 9.17) is 0 Å². The van der Waals surface area contributed by atoms with Crippen LogP contribution in [0.3, 0.4) is 0 Å². The number of halogens is 4. The smallest absolute Gasteiger partial charge is 0.356 e. The minimum atomic E-state index is -4.12. The van der Waals surface area contributed by atoms with Crippen LogP contribution in [0, 0.1) is 5.92 Å². The third-order valence-corrected chi connectivity index (χ3v) is 3.63. The van der Waals surface area contributed by atoms with Gasteiger partial charge in [-0.2, -0.15) is 13.2 Å². The van der Waals surface area contributed by atoms with E-state index in [0.29, 0.717) is 12.0 Å². The summed E-state index contributed by atoms with van der Waals surface area (Å²) in [6.07, 6.45) is 0.787. The number of aliphatic imine (C=N–C) groups is 1. The van der Waals surface area contributed by atoms with E-state index in [1.165, 1.54) is 12.8 Å². The normalized spacial score (nSPS) is 23.9. The quantitative estimate of drug-likeness (QED) is 0.424. The van der Waals surface area contributed by atoms with E-state index in [0.717, 1.165) is 25.2 Å². The van der Waals surface area contributed by atoms with Crippen molar-refractivity contribution < 1.29 is 13.2 Å². The van der Waals surface area contributed by atoms with Gasteiger partial charge >= 0.3 is 6.18 Å². The Hall–Kier alpha value is -0.210. The highest BCUT2D eigenvalue weighted by atomic mass is 127. The largest absolute Gasteiger partial charge is 0.390 e. The summed E-state index contributed by atoms with van der Waals surface area (Å²) in [6.45, 7) is 2.05. The Kier molecular flexibility index (Phi) is 9.58. The van der Waals surface area contributed by atoms with Crippen molar-refractivity contribution in [3.05, 3.63) is 0 Å². The average Bonchev–Trinajstić information content (AvgIpc) is 2.36. The fourth-order valence-electron chi connectivity index (χ4n) is 2.50. The first-order chi connectivity index (χ1) is 8.94. The van der Waals surface area contributed by atoms with Crippen LogP contribution in [0.4, 0.5) is 13.2 Å². The van der Waals surface area contributed by atoms with Crippen LogP contribution < -0.4 is 10.6 Å². The summed E-state index contributed by atoms with van der Waals surface area (Å²) < 4.78 is 36.2. The number of guanidine groups is 1. The van der Waals surface area contributed by atoms with Crippen LogP contribution in [0.25, 0.3) is 0 Å². The molecule has 0 radical (unpaired) electrons. The SMILES string of the molecule is CCC1CCCC(NC(=NC)NCCC(F)(F)F)C1.I. The van der Waals surface area contributed by atoms with Crippen molar-refractivity contribution in [3.8, 4) is 0 Å². The summed E-state index contributed by atoms with van der Waals surface area (Å²) >= 11 is 0. The van der Waals surface area contributed by atoms with Gasteiger partial charge in [0.25, 0.3) is 0 Å². The fourth-order valence-corrected chi connectivity index (χ4v) is 2.50. The molecule has 7 heteroatoms. The molecule has 1 aliphatic rings. The Balaban J connectivity index is 0.00000361. The lowest BCUT2D eigenvalue weighted by Crippen LogP contribution is -2.45. The molecule has 0 aliphatic heterocycles. The summed E-state index contributed by atoms with van der Waals surface area (Å²) in [7, 11) is 1.59. The Bertz CT molecular complexity index is 295. The van der Waals surface area contributed by atoms with Crippen LogP contribution in [0.15, 0.2) is 4.99 Å². The molecule has 3 nitrogen and oxygen atoms in total. The molecule has 2 atom stereocenters. The fraction of sp³-hybridized carbons (Fsp3) is 0.923. The number of hydrogen-bond acceptors (Lipinski definition) is 1. The Labute approximate surface area is 136 Å². The van der Waals surface area contributed by atoms with Gasteiger partial charge in [0, 0.05) is 19.6 Å². The van der Waals surface area contributed by atoms with Crippen LogP contribution in [0.2, 0.25) is 0 Å². The molecule has 0 aromatic rings. The standard InChI is InChI=1S/C13H24F3N3.HI/c1-3-10-5-4-6-11(9-10)19-12(17-2)18-8-7-13(14,15)16;/h10-11H,3-9H2,1-2H3,(H2,17,18,19);1H. The van der Waals surface area contributed by atoms with Crippen LogP contribution >= 0.6 is 24.0 Å². The van der Waals surface area contributed by atoms with Crippen LogP contribution in [-0.4, -0.2) is 31.8 Å². The number of nitrogens with zero attached hydrogens (tertiary/aromatic N) is 1. The summed E-state index contributed by atoms with van der Waals surface area (Å²) in [5, 5.41) is 5.95. The Morgan fingerprint density at radius 3 is 2.55 bits per heavy atom. The Morgan fingerprint density at radius 1 is 1.30 bits per heavy atom. The molecular formula is C13H25F3IN3. The third-order valence-electron chi connectivity index (χ3n) is 3.63. The highest BCUT2D eigenvalue weighted by Gasteiger charge is 2.26. The van der Waals surface area contributed by atoms with Gasteiger partial charge in [-0.05, 0) is 18.8 Å². The molecule has 0 amide bonds. The van der Waals surface area contributed by atoms with Gasteiger partial charge in [0.15, 0.2) is 5.96 Å². The predicted molar refractivity (Wildman–Crippen MR) is 86.6 cm³/mol. The summed E-state index contributed by atoms with van der Waals surface area (Å²) in [6, 6.07) is 0.329. The number of alkyl halides is 3.